The second-order valence-electron chi connectivity index (χ2n) is 6.30. The van der Waals surface area contributed by atoms with Gasteiger partial charge in [-0.25, -0.2) is 0 Å². The summed E-state index contributed by atoms with van der Waals surface area (Å²) in [7, 11) is 0. The number of nitrogens with zero attached hydrogens (tertiary/aromatic N) is 2. The van der Waals surface area contributed by atoms with E-state index in [0.717, 1.165) is 11.5 Å². The first-order chi connectivity index (χ1) is 11.4. The number of hydrogen-bond donors (Lipinski definition) is 2. The lowest BCUT2D eigenvalue weighted by atomic mass is 10.0. The third-order valence-corrected chi connectivity index (χ3v) is 5.03. The standard InChI is InChI=1S/C15H22N4O4S/c1-9(2)17-13(20)11-10(16)12(24-18-11)14(21)19-5-3-15(4-6-19)22-7-8-23-15/h9H,3-8,16H2,1-2H3,(H,17,20). The van der Waals surface area contributed by atoms with Gasteiger partial charge in [-0.1, -0.05) is 0 Å². The van der Waals surface area contributed by atoms with E-state index in [2.05, 4.69) is 9.69 Å². The number of carbonyl (C=O) groups is 2. The van der Waals surface area contributed by atoms with E-state index in [1.807, 2.05) is 13.8 Å². The first-order valence-corrected chi connectivity index (χ1v) is 8.82. The highest BCUT2D eigenvalue weighted by Gasteiger charge is 2.41. The SMILES string of the molecule is CC(C)NC(=O)c1nsc(C(=O)N2CCC3(CC2)OCCO3)c1N. The van der Waals surface area contributed by atoms with E-state index >= 15 is 0 Å². The van der Waals surface area contributed by atoms with Crippen molar-refractivity contribution in [3.63, 3.8) is 0 Å². The van der Waals surface area contributed by atoms with Gasteiger partial charge in [0.05, 0.1) is 18.9 Å². The zero-order chi connectivity index (χ0) is 17.3. The summed E-state index contributed by atoms with van der Waals surface area (Å²) in [5, 5.41) is 2.73. The van der Waals surface area contributed by atoms with Gasteiger partial charge in [0, 0.05) is 32.0 Å². The molecule has 1 spiro atoms. The van der Waals surface area contributed by atoms with Crippen molar-refractivity contribution in [2.75, 3.05) is 32.0 Å². The highest BCUT2D eigenvalue weighted by molar-refractivity contribution is 7.09. The molecule has 0 radical (unpaired) electrons. The minimum Gasteiger partial charge on any atom is -0.395 e. The largest absolute Gasteiger partial charge is 0.395 e. The van der Waals surface area contributed by atoms with Gasteiger partial charge in [0.1, 0.15) is 4.88 Å². The number of carbonyl (C=O) groups excluding carboxylic acids is 2. The molecule has 2 saturated heterocycles. The fourth-order valence-electron chi connectivity index (χ4n) is 2.93. The molecule has 8 nitrogen and oxygen atoms in total. The maximum atomic E-state index is 12.7. The van der Waals surface area contributed by atoms with Crippen LogP contribution in [0.25, 0.3) is 0 Å². The van der Waals surface area contributed by atoms with Crippen molar-refractivity contribution in [1.82, 2.24) is 14.6 Å². The number of rotatable bonds is 3. The van der Waals surface area contributed by atoms with Crippen LogP contribution in [0, 0.1) is 0 Å². The Morgan fingerprint density at radius 1 is 1.29 bits per heavy atom. The van der Waals surface area contributed by atoms with Crippen LogP contribution in [0.4, 0.5) is 5.69 Å². The summed E-state index contributed by atoms with van der Waals surface area (Å²) in [6.45, 7) is 5.97. The Balaban J connectivity index is 1.68. The topological polar surface area (TPSA) is 107 Å². The quantitative estimate of drug-likeness (QED) is 0.833. The molecule has 1 aromatic heterocycles. The van der Waals surface area contributed by atoms with Crippen molar-refractivity contribution in [3.8, 4) is 0 Å². The monoisotopic (exact) mass is 354 g/mol. The average molecular weight is 354 g/mol. The summed E-state index contributed by atoms with van der Waals surface area (Å²) >= 11 is 0.968. The van der Waals surface area contributed by atoms with E-state index < -0.39 is 5.79 Å². The second-order valence-corrected chi connectivity index (χ2v) is 7.08. The van der Waals surface area contributed by atoms with Crippen molar-refractivity contribution in [2.24, 2.45) is 0 Å². The average Bonchev–Trinajstić information content (AvgIpc) is 3.14. The molecule has 2 aliphatic rings. The van der Waals surface area contributed by atoms with Gasteiger partial charge >= 0.3 is 0 Å². The summed E-state index contributed by atoms with van der Waals surface area (Å²) in [6, 6.07) is -0.0255. The number of anilines is 1. The summed E-state index contributed by atoms with van der Waals surface area (Å²) in [4.78, 5) is 26.8. The normalized spacial score (nSPS) is 19.9. The molecule has 9 heteroatoms. The Bertz CT molecular complexity index is 629. The fraction of sp³-hybridized carbons (Fsp3) is 0.667. The molecule has 0 bridgehead atoms. The molecule has 3 heterocycles. The van der Waals surface area contributed by atoms with Crippen molar-refractivity contribution in [1.29, 1.82) is 0 Å². The molecule has 3 N–H and O–H groups in total. The summed E-state index contributed by atoms with van der Waals surface area (Å²) < 4.78 is 15.4. The second kappa shape index (κ2) is 6.66. The number of hydrogen-bond acceptors (Lipinski definition) is 7. The molecule has 24 heavy (non-hydrogen) atoms. The van der Waals surface area contributed by atoms with Gasteiger partial charge in [-0.05, 0) is 25.4 Å². The highest BCUT2D eigenvalue weighted by Crippen LogP contribution is 2.33. The van der Waals surface area contributed by atoms with E-state index in [4.69, 9.17) is 15.2 Å². The molecule has 0 atom stereocenters. The zero-order valence-electron chi connectivity index (χ0n) is 13.8. The van der Waals surface area contributed by atoms with Gasteiger partial charge in [-0.3, -0.25) is 9.59 Å². The van der Waals surface area contributed by atoms with Gasteiger partial charge in [0.15, 0.2) is 11.5 Å². The Labute approximate surface area is 144 Å². The molecule has 0 aromatic carbocycles. The van der Waals surface area contributed by atoms with E-state index in [0.29, 0.717) is 44.0 Å². The first-order valence-electron chi connectivity index (χ1n) is 8.05. The van der Waals surface area contributed by atoms with Crippen LogP contribution in [0.5, 0.6) is 0 Å². The molecule has 2 aliphatic heterocycles. The Morgan fingerprint density at radius 3 is 2.50 bits per heavy atom. The molecule has 3 rings (SSSR count). The van der Waals surface area contributed by atoms with Gasteiger partial charge in [0.2, 0.25) is 0 Å². The number of nitrogens with one attached hydrogen (secondary N) is 1. The van der Waals surface area contributed by atoms with Crippen molar-refractivity contribution in [3.05, 3.63) is 10.6 Å². The number of piperidine rings is 1. The van der Waals surface area contributed by atoms with Crippen LogP contribution in [0.1, 0.15) is 46.8 Å². The Hall–Kier alpha value is -1.71. The number of ether oxygens (including phenoxy) is 2. The van der Waals surface area contributed by atoms with Crippen LogP contribution < -0.4 is 11.1 Å². The van der Waals surface area contributed by atoms with Crippen LogP contribution in [-0.2, 0) is 9.47 Å². The number of nitrogen functional groups attached to an aromatic ring is 1. The lowest BCUT2D eigenvalue weighted by molar-refractivity contribution is -0.181. The van der Waals surface area contributed by atoms with Gasteiger partial charge in [-0.2, -0.15) is 4.37 Å². The number of nitrogens with two attached hydrogens (primary N) is 1. The fourth-order valence-corrected chi connectivity index (χ4v) is 3.69. The number of amides is 2. The van der Waals surface area contributed by atoms with Crippen LogP contribution in [0.3, 0.4) is 0 Å². The maximum Gasteiger partial charge on any atom is 0.273 e. The summed E-state index contributed by atoms with van der Waals surface area (Å²) in [6.07, 6.45) is 1.27. The van der Waals surface area contributed by atoms with Crippen LogP contribution >= 0.6 is 11.5 Å². The van der Waals surface area contributed by atoms with E-state index in [1.54, 1.807) is 4.90 Å². The molecule has 0 unspecified atom stereocenters. The van der Waals surface area contributed by atoms with E-state index in [1.165, 1.54) is 0 Å². The van der Waals surface area contributed by atoms with Crippen LogP contribution in [0.15, 0.2) is 0 Å². The number of aromatic nitrogens is 1. The molecule has 0 aliphatic carbocycles. The first kappa shape index (κ1) is 17.1. The van der Waals surface area contributed by atoms with E-state index in [-0.39, 0.29) is 29.2 Å². The third-order valence-electron chi connectivity index (χ3n) is 4.18. The smallest absolute Gasteiger partial charge is 0.273 e. The van der Waals surface area contributed by atoms with Crippen LogP contribution in [-0.4, -0.2) is 59.2 Å². The zero-order valence-corrected chi connectivity index (χ0v) is 14.6. The van der Waals surface area contributed by atoms with Gasteiger partial charge in [0.25, 0.3) is 11.8 Å². The Kier molecular flexibility index (Phi) is 4.75. The van der Waals surface area contributed by atoms with Gasteiger partial charge < -0.3 is 25.4 Å². The predicted octanol–water partition coefficient (Wildman–Crippen LogP) is 0.843. The number of likely N-dealkylation sites (tertiary alicyclic amines) is 1. The van der Waals surface area contributed by atoms with E-state index in [9.17, 15) is 9.59 Å². The van der Waals surface area contributed by atoms with Crippen molar-refractivity contribution >= 4 is 29.0 Å². The molecule has 1 aromatic rings. The Morgan fingerprint density at radius 2 is 1.92 bits per heavy atom. The van der Waals surface area contributed by atoms with Crippen molar-refractivity contribution in [2.45, 2.75) is 38.5 Å². The van der Waals surface area contributed by atoms with Crippen LogP contribution in [0.2, 0.25) is 0 Å². The highest BCUT2D eigenvalue weighted by atomic mass is 32.1. The summed E-state index contributed by atoms with van der Waals surface area (Å²) in [5.41, 5.74) is 6.26. The maximum absolute atomic E-state index is 12.7. The van der Waals surface area contributed by atoms with Crippen molar-refractivity contribution < 1.29 is 19.1 Å². The molecular weight excluding hydrogens is 332 g/mol. The minimum absolute atomic E-state index is 0.0255. The molecule has 132 valence electrons. The predicted molar refractivity (Wildman–Crippen MR) is 88.9 cm³/mol. The third kappa shape index (κ3) is 3.24. The lowest BCUT2D eigenvalue weighted by Crippen LogP contribution is -2.47. The lowest BCUT2D eigenvalue weighted by Gasteiger charge is -2.37. The van der Waals surface area contributed by atoms with Gasteiger partial charge in [-0.15, -0.1) is 0 Å². The molecule has 0 saturated carbocycles. The minimum atomic E-state index is -0.529. The molecular formula is C15H22N4O4S. The summed E-state index contributed by atoms with van der Waals surface area (Å²) in [5.74, 6) is -1.08. The molecule has 2 fully saturated rings. The molecule has 2 amide bonds.